The van der Waals surface area contributed by atoms with Crippen LogP contribution in [0.2, 0.25) is 15.1 Å². The summed E-state index contributed by atoms with van der Waals surface area (Å²) in [5.74, 6) is -0.522. The fourth-order valence-electron chi connectivity index (χ4n) is 1.48. The van der Waals surface area contributed by atoms with Gasteiger partial charge in [-0.2, -0.15) is 5.26 Å². The monoisotopic (exact) mass is 314 g/mol. The number of nitriles is 1. The predicted molar refractivity (Wildman–Crippen MR) is 75.9 cm³/mol. The lowest BCUT2D eigenvalue weighted by molar-refractivity contribution is 0.628. The highest BCUT2D eigenvalue weighted by Crippen LogP contribution is 2.35. The normalized spacial score (nSPS) is 10.1. The third kappa shape index (κ3) is 3.10. The number of anilines is 2. The minimum atomic E-state index is -0.522. The van der Waals surface area contributed by atoms with E-state index in [-0.39, 0.29) is 10.0 Å². The Kier molecular flexibility index (Phi) is 4.16. The molecule has 1 N–H and O–H groups in total. The molecule has 0 heterocycles. The van der Waals surface area contributed by atoms with Crippen LogP contribution in [0.25, 0.3) is 0 Å². The minimum absolute atomic E-state index is 0.144. The van der Waals surface area contributed by atoms with Crippen molar-refractivity contribution in [3.05, 3.63) is 56.8 Å². The molecule has 96 valence electrons. The van der Waals surface area contributed by atoms with Gasteiger partial charge in [0.25, 0.3) is 0 Å². The fourth-order valence-corrected chi connectivity index (χ4v) is 2.27. The van der Waals surface area contributed by atoms with Gasteiger partial charge in [0.05, 0.1) is 38.1 Å². The lowest BCUT2D eigenvalue weighted by Gasteiger charge is -2.12. The molecule has 0 saturated heterocycles. The summed E-state index contributed by atoms with van der Waals surface area (Å²) in [6.07, 6.45) is 0. The van der Waals surface area contributed by atoms with Gasteiger partial charge in [-0.05, 0) is 30.3 Å². The molecule has 2 aromatic rings. The van der Waals surface area contributed by atoms with Crippen LogP contribution in [0, 0.1) is 17.1 Å². The molecular weight excluding hydrogens is 310 g/mol. The minimum Gasteiger partial charge on any atom is -0.352 e. The second kappa shape index (κ2) is 5.66. The standard InChI is InChI=1S/C13H6Cl3FN2/c14-9-3-7(6-18)1-2-12(9)19-13-10(15)4-8(17)5-11(13)16/h1-5,19H. The number of hydrogen-bond acceptors (Lipinski definition) is 2. The van der Waals surface area contributed by atoms with E-state index in [2.05, 4.69) is 5.32 Å². The van der Waals surface area contributed by atoms with Crippen LogP contribution in [0.15, 0.2) is 30.3 Å². The van der Waals surface area contributed by atoms with Gasteiger partial charge in [0.1, 0.15) is 5.82 Å². The van der Waals surface area contributed by atoms with Gasteiger partial charge in [0, 0.05) is 0 Å². The quantitative estimate of drug-likeness (QED) is 0.805. The number of halogens is 4. The van der Waals surface area contributed by atoms with E-state index in [1.165, 1.54) is 6.07 Å². The van der Waals surface area contributed by atoms with Gasteiger partial charge in [-0.25, -0.2) is 4.39 Å². The first-order chi connectivity index (χ1) is 9.01. The van der Waals surface area contributed by atoms with Crippen molar-refractivity contribution >= 4 is 46.2 Å². The number of hydrogen-bond donors (Lipinski definition) is 1. The predicted octanol–water partition coefficient (Wildman–Crippen LogP) is 5.40. The van der Waals surface area contributed by atoms with Crippen molar-refractivity contribution in [2.24, 2.45) is 0 Å². The summed E-state index contributed by atoms with van der Waals surface area (Å²) in [4.78, 5) is 0. The van der Waals surface area contributed by atoms with Crippen molar-refractivity contribution in [2.75, 3.05) is 5.32 Å². The van der Waals surface area contributed by atoms with Crippen LogP contribution in [-0.4, -0.2) is 0 Å². The van der Waals surface area contributed by atoms with E-state index < -0.39 is 5.82 Å². The average Bonchev–Trinajstić information content (AvgIpc) is 2.35. The van der Waals surface area contributed by atoms with E-state index in [4.69, 9.17) is 40.1 Å². The molecule has 0 bridgehead atoms. The summed E-state index contributed by atoms with van der Waals surface area (Å²) in [6.45, 7) is 0. The molecule has 0 radical (unpaired) electrons. The second-order valence-electron chi connectivity index (χ2n) is 3.68. The Labute approximate surface area is 124 Å². The lowest BCUT2D eigenvalue weighted by atomic mass is 10.2. The van der Waals surface area contributed by atoms with E-state index in [0.29, 0.717) is 22.0 Å². The van der Waals surface area contributed by atoms with E-state index in [9.17, 15) is 4.39 Å². The third-order valence-electron chi connectivity index (χ3n) is 2.36. The van der Waals surface area contributed by atoms with E-state index >= 15 is 0 Å². The molecule has 0 aromatic heterocycles. The Hall–Kier alpha value is -1.47. The van der Waals surface area contributed by atoms with Gasteiger partial charge in [-0.3, -0.25) is 0 Å². The number of nitrogens with one attached hydrogen (secondary N) is 1. The van der Waals surface area contributed by atoms with Crippen LogP contribution in [0.4, 0.5) is 15.8 Å². The second-order valence-corrected chi connectivity index (χ2v) is 4.90. The third-order valence-corrected chi connectivity index (χ3v) is 3.27. The molecule has 6 heteroatoms. The Balaban J connectivity index is 2.40. The first-order valence-corrected chi connectivity index (χ1v) is 6.26. The molecule has 2 nitrogen and oxygen atoms in total. The van der Waals surface area contributed by atoms with Gasteiger partial charge in [-0.15, -0.1) is 0 Å². The molecule has 0 aliphatic heterocycles. The zero-order chi connectivity index (χ0) is 14.0. The summed E-state index contributed by atoms with van der Waals surface area (Å²) in [5, 5.41) is 12.3. The molecule has 0 atom stereocenters. The molecule has 19 heavy (non-hydrogen) atoms. The molecule has 0 aliphatic rings. The number of rotatable bonds is 2. The first-order valence-electron chi connectivity index (χ1n) is 5.12. The van der Waals surface area contributed by atoms with Crippen molar-refractivity contribution in [1.29, 1.82) is 5.26 Å². The molecule has 0 fully saturated rings. The Morgan fingerprint density at radius 1 is 1.00 bits per heavy atom. The van der Waals surface area contributed by atoms with Crippen LogP contribution in [-0.2, 0) is 0 Å². The lowest BCUT2D eigenvalue weighted by Crippen LogP contribution is -1.94. The van der Waals surface area contributed by atoms with Gasteiger partial charge in [-0.1, -0.05) is 34.8 Å². The Morgan fingerprint density at radius 3 is 2.16 bits per heavy atom. The maximum Gasteiger partial charge on any atom is 0.126 e. The maximum absolute atomic E-state index is 13.1. The SMILES string of the molecule is N#Cc1ccc(Nc2c(Cl)cc(F)cc2Cl)c(Cl)c1. The van der Waals surface area contributed by atoms with Gasteiger partial charge in [0.15, 0.2) is 0 Å². The summed E-state index contributed by atoms with van der Waals surface area (Å²) >= 11 is 17.8. The topological polar surface area (TPSA) is 35.8 Å². The molecule has 0 aliphatic carbocycles. The van der Waals surface area contributed by atoms with Crippen molar-refractivity contribution < 1.29 is 4.39 Å². The zero-order valence-electron chi connectivity index (χ0n) is 9.35. The van der Waals surface area contributed by atoms with Crippen molar-refractivity contribution in [3.63, 3.8) is 0 Å². The summed E-state index contributed by atoms with van der Waals surface area (Å²) in [6, 6.07) is 9.00. The highest BCUT2D eigenvalue weighted by Gasteiger charge is 2.10. The highest BCUT2D eigenvalue weighted by atomic mass is 35.5. The molecule has 0 unspecified atom stereocenters. The molecule has 0 spiro atoms. The summed E-state index contributed by atoms with van der Waals surface area (Å²) in [7, 11) is 0. The molecule has 2 aromatic carbocycles. The summed E-state index contributed by atoms with van der Waals surface area (Å²) in [5.41, 5.74) is 1.32. The van der Waals surface area contributed by atoms with E-state index in [0.717, 1.165) is 12.1 Å². The van der Waals surface area contributed by atoms with Gasteiger partial charge < -0.3 is 5.32 Å². The molecule has 2 rings (SSSR count). The van der Waals surface area contributed by atoms with Crippen LogP contribution in [0.3, 0.4) is 0 Å². The van der Waals surface area contributed by atoms with Crippen LogP contribution >= 0.6 is 34.8 Å². The van der Waals surface area contributed by atoms with Crippen LogP contribution < -0.4 is 5.32 Å². The van der Waals surface area contributed by atoms with Crippen molar-refractivity contribution in [2.45, 2.75) is 0 Å². The van der Waals surface area contributed by atoms with Crippen molar-refractivity contribution in [1.82, 2.24) is 0 Å². The molecule has 0 amide bonds. The van der Waals surface area contributed by atoms with Crippen molar-refractivity contribution in [3.8, 4) is 6.07 Å². The first kappa shape index (κ1) is 14.0. The van der Waals surface area contributed by atoms with E-state index in [1.54, 1.807) is 12.1 Å². The van der Waals surface area contributed by atoms with E-state index in [1.807, 2.05) is 6.07 Å². The molecule has 0 saturated carbocycles. The smallest absolute Gasteiger partial charge is 0.126 e. The Bertz CT molecular complexity index is 657. The Morgan fingerprint density at radius 2 is 1.63 bits per heavy atom. The zero-order valence-corrected chi connectivity index (χ0v) is 11.6. The van der Waals surface area contributed by atoms with Gasteiger partial charge in [0.2, 0.25) is 0 Å². The number of benzene rings is 2. The van der Waals surface area contributed by atoms with Gasteiger partial charge >= 0.3 is 0 Å². The largest absolute Gasteiger partial charge is 0.352 e. The highest BCUT2D eigenvalue weighted by molar-refractivity contribution is 6.39. The van der Waals surface area contributed by atoms with Crippen LogP contribution in [0.1, 0.15) is 5.56 Å². The molecular formula is C13H6Cl3FN2. The average molecular weight is 316 g/mol. The summed E-state index contributed by atoms with van der Waals surface area (Å²) < 4.78 is 13.1. The maximum atomic E-state index is 13.1. The van der Waals surface area contributed by atoms with Crippen LogP contribution in [0.5, 0.6) is 0 Å². The fraction of sp³-hybridized carbons (Fsp3) is 0. The number of nitrogens with zero attached hydrogens (tertiary/aromatic N) is 1.